The number of carbonyl (C=O) groups excluding carboxylic acids is 1. The molecule has 2 amide bonds. The number of urea groups is 1. The zero-order valence-corrected chi connectivity index (χ0v) is 13.7. The molecule has 21 heavy (non-hydrogen) atoms. The smallest absolute Gasteiger partial charge is 0.317 e. The van der Waals surface area contributed by atoms with Crippen LogP contribution in [0.15, 0.2) is 5.38 Å². The maximum Gasteiger partial charge on any atom is 0.317 e. The first-order chi connectivity index (χ1) is 9.97. The third kappa shape index (κ3) is 4.31. The highest BCUT2D eigenvalue weighted by atomic mass is 32.1. The molecule has 1 aliphatic rings. The summed E-state index contributed by atoms with van der Waals surface area (Å²) in [5, 5.41) is 15.4. The van der Waals surface area contributed by atoms with E-state index in [-0.39, 0.29) is 12.1 Å². The van der Waals surface area contributed by atoms with Gasteiger partial charge >= 0.3 is 6.03 Å². The number of nitrogens with one attached hydrogen (secondary N) is 1. The number of likely N-dealkylation sites (tertiary alicyclic amines) is 1. The first-order valence-electron chi connectivity index (χ1n) is 7.30. The van der Waals surface area contributed by atoms with E-state index in [1.165, 1.54) is 0 Å². The van der Waals surface area contributed by atoms with E-state index in [0.717, 1.165) is 23.7 Å². The Kier molecular flexibility index (Phi) is 5.41. The number of aromatic nitrogens is 1. The lowest BCUT2D eigenvalue weighted by Crippen LogP contribution is -2.45. The van der Waals surface area contributed by atoms with Gasteiger partial charge < -0.3 is 20.2 Å². The van der Waals surface area contributed by atoms with Crippen molar-refractivity contribution in [1.82, 2.24) is 15.2 Å². The Morgan fingerprint density at radius 3 is 2.76 bits per heavy atom. The van der Waals surface area contributed by atoms with Crippen LogP contribution in [0.25, 0.3) is 0 Å². The van der Waals surface area contributed by atoms with E-state index in [2.05, 4.69) is 10.3 Å². The summed E-state index contributed by atoms with van der Waals surface area (Å²) in [6.45, 7) is 3.70. The van der Waals surface area contributed by atoms with Crippen LogP contribution in [0.2, 0.25) is 0 Å². The van der Waals surface area contributed by atoms with Gasteiger partial charge in [0.1, 0.15) is 0 Å². The predicted molar refractivity (Wildman–Crippen MR) is 84.7 cm³/mol. The third-order valence-corrected chi connectivity index (χ3v) is 4.91. The topological polar surface area (TPSA) is 68.7 Å². The molecule has 1 aromatic rings. The Bertz CT molecular complexity index is 467. The Hall–Kier alpha value is -1.34. The molecule has 1 aliphatic heterocycles. The standard InChI is InChI=1S/C14H24N4O2S/c1-10(19)11-4-6-18(7-5-11)13(20)15-8-12-9-21-14(16-12)17(2)3/h9-11,19H,4-8H2,1-3H3,(H,15,20). The minimum absolute atomic E-state index is 0.0431. The highest BCUT2D eigenvalue weighted by Gasteiger charge is 2.25. The summed E-state index contributed by atoms with van der Waals surface area (Å²) in [6, 6.07) is -0.0431. The van der Waals surface area contributed by atoms with E-state index in [0.29, 0.717) is 25.6 Å². The number of rotatable bonds is 4. The Morgan fingerprint density at radius 1 is 1.57 bits per heavy atom. The SMILES string of the molecule is CC(O)C1CCN(C(=O)NCc2csc(N(C)C)n2)CC1. The number of hydrogen-bond donors (Lipinski definition) is 2. The molecule has 0 saturated carbocycles. The maximum absolute atomic E-state index is 12.1. The molecule has 1 saturated heterocycles. The van der Waals surface area contributed by atoms with Crippen molar-refractivity contribution in [3.63, 3.8) is 0 Å². The van der Waals surface area contributed by atoms with Gasteiger partial charge in [-0.15, -0.1) is 11.3 Å². The van der Waals surface area contributed by atoms with Crippen LogP contribution in [0.4, 0.5) is 9.93 Å². The van der Waals surface area contributed by atoms with Gasteiger partial charge in [0.05, 0.1) is 18.3 Å². The second-order valence-corrected chi connectivity index (χ2v) is 6.58. The van der Waals surface area contributed by atoms with Crippen molar-refractivity contribution >= 4 is 22.5 Å². The van der Waals surface area contributed by atoms with Crippen LogP contribution in [-0.4, -0.2) is 54.3 Å². The molecule has 1 aromatic heterocycles. The van der Waals surface area contributed by atoms with Crippen LogP contribution in [-0.2, 0) is 6.54 Å². The van der Waals surface area contributed by atoms with Crippen LogP contribution in [0.3, 0.4) is 0 Å². The van der Waals surface area contributed by atoms with Crippen LogP contribution in [0.1, 0.15) is 25.5 Å². The number of thiazole rings is 1. The summed E-state index contributed by atoms with van der Waals surface area (Å²) >= 11 is 1.57. The lowest BCUT2D eigenvalue weighted by molar-refractivity contribution is 0.0798. The average Bonchev–Trinajstić information content (AvgIpc) is 2.94. The number of carbonyl (C=O) groups is 1. The van der Waals surface area contributed by atoms with Crippen molar-refractivity contribution in [2.45, 2.75) is 32.4 Å². The van der Waals surface area contributed by atoms with Gasteiger partial charge in [0.2, 0.25) is 0 Å². The average molecular weight is 312 g/mol. The molecule has 0 radical (unpaired) electrons. The quantitative estimate of drug-likeness (QED) is 0.884. The number of aliphatic hydroxyl groups is 1. The maximum atomic E-state index is 12.1. The first-order valence-corrected chi connectivity index (χ1v) is 8.18. The number of nitrogens with zero attached hydrogens (tertiary/aromatic N) is 3. The van der Waals surface area contributed by atoms with E-state index < -0.39 is 0 Å². The molecule has 0 bridgehead atoms. The fraction of sp³-hybridized carbons (Fsp3) is 0.714. The van der Waals surface area contributed by atoms with Gasteiger partial charge in [-0.25, -0.2) is 9.78 Å². The monoisotopic (exact) mass is 312 g/mol. The summed E-state index contributed by atoms with van der Waals surface area (Å²) in [5.74, 6) is 0.315. The number of aliphatic hydroxyl groups excluding tert-OH is 1. The Morgan fingerprint density at radius 2 is 2.24 bits per heavy atom. The number of anilines is 1. The molecular weight excluding hydrogens is 288 g/mol. The van der Waals surface area contributed by atoms with Crippen molar-refractivity contribution < 1.29 is 9.90 Å². The van der Waals surface area contributed by atoms with Crippen LogP contribution >= 0.6 is 11.3 Å². The molecule has 0 spiro atoms. The van der Waals surface area contributed by atoms with Crippen molar-refractivity contribution in [2.75, 3.05) is 32.1 Å². The van der Waals surface area contributed by atoms with Gasteiger partial charge in [-0.05, 0) is 25.7 Å². The van der Waals surface area contributed by atoms with E-state index in [4.69, 9.17) is 0 Å². The van der Waals surface area contributed by atoms with Gasteiger partial charge in [0.15, 0.2) is 5.13 Å². The summed E-state index contributed by atoms with van der Waals surface area (Å²) in [5.41, 5.74) is 0.885. The first kappa shape index (κ1) is 16.0. The van der Waals surface area contributed by atoms with Crippen molar-refractivity contribution in [3.8, 4) is 0 Å². The van der Waals surface area contributed by atoms with Crippen LogP contribution in [0.5, 0.6) is 0 Å². The fourth-order valence-electron chi connectivity index (χ4n) is 2.45. The number of amides is 2. The van der Waals surface area contributed by atoms with Crippen LogP contribution < -0.4 is 10.2 Å². The van der Waals surface area contributed by atoms with Gasteiger partial charge in [0, 0.05) is 32.6 Å². The normalized spacial score (nSPS) is 17.6. The molecule has 1 fully saturated rings. The number of piperidine rings is 1. The molecule has 0 aliphatic carbocycles. The Labute approximate surface area is 129 Å². The predicted octanol–water partition coefficient (Wildman–Crippen LogP) is 1.51. The van der Waals surface area contributed by atoms with E-state index in [1.54, 1.807) is 11.3 Å². The highest BCUT2D eigenvalue weighted by molar-refractivity contribution is 7.13. The van der Waals surface area contributed by atoms with E-state index >= 15 is 0 Å². The Balaban J connectivity index is 1.77. The van der Waals surface area contributed by atoms with Crippen molar-refractivity contribution in [3.05, 3.63) is 11.1 Å². The molecule has 7 heteroatoms. The molecule has 6 nitrogen and oxygen atoms in total. The van der Waals surface area contributed by atoms with Crippen molar-refractivity contribution in [1.29, 1.82) is 0 Å². The minimum atomic E-state index is -0.283. The fourth-order valence-corrected chi connectivity index (χ4v) is 3.20. The second-order valence-electron chi connectivity index (χ2n) is 5.74. The zero-order valence-electron chi connectivity index (χ0n) is 12.9. The van der Waals surface area contributed by atoms with Gasteiger partial charge in [-0.2, -0.15) is 0 Å². The largest absolute Gasteiger partial charge is 0.393 e. The summed E-state index contributed by atoms with van der Waals surface area (Å²) in [4.78, 5) is 20.3. The second kappa shape index (κ2) is 7.09. The molecule has 2 N–H and O–H groups in total. The molecule has 118 valence electrons. The van der Waals surface area contributed by atoms with E-state index in [1.807, 2.05) is 36.2 Å². The highest BCUT2D eigenvalue weighted by Crippen LogP contribution is 2.21. The lowest BCUT2D eigenvalue weighted by atomic mass is 9.92. The molecule has 1 atom stereocenters. The molecule has 1 unspecified atom stereocenters. The van der Waals surface area contributed by atoms with Gasteiger partial charge in [-0.3, -0.25) is 0 Å². The van der Waals surface area contributed by atoms with Crippen LogP contribution in [0, 0.1) is 5.92 Å². The van der Waals surface area contributed by atoms with Gasteiger partial charge in [0.25, 0.3) is 0 Å². The number of hydrogen-bond acceptors (Lipinski definition) is 5. The third-order valence-electron chi connectivity index (χ3n) is 3.85. The van der Waals surface area contributed by atoms with Gasteiger partial charge in [-0.1, -0.05) is 0 Å². The van der Waals surface area contributed by atoms with Crippen molar-refractivity contribution in [2.24, 2.45) is 5.92 Å². The molecular formula is C14H24N4O2S. The summed E-state index contributed by atoms with van der Waals surface area (Å²) in [7, 11) is 3.90. The zero-order chi connectivity index (χ0) is 15.4. The lowest BCUT2D eigenvalue weighted by Gasteiger charge is -2.33. The molecule has 2 rings (SSSR count). The summed E-state index contributed by atoms with van der Waals surface area (Å²) in [6.07, 6.45) is 1.45. The molecule has 2 heterocycles. The summed E-state index contributed by atoms with van der Waals surface area (Å²) < 4.78 is 0. The minimum Gasteiger partial charge on any atom is -0.393 e. The molecule has 0 aromatic carbocycles. The van der Waals surface area contributed by atoms with E-state index in [9.17, 15) is 9.90 Å².